The van der Waals surface area contributed by atoms with Crippen molar-refractivity contribution in [2.24, 2.45) is 0 Å². The molecule has 0 aliphatic rings. The van der Waals surface area contributed by atoms with Crippen molar-refractivity contribution in [2.45, 2.75) is 19.8 Å². The highest BCUT2D eigenvalue weighted by molar-refractivity contribution is 6.42. The molecule has 0 radical (unpaired) electrons. The SMILES string of the molecule is CC(C)c1ccccc1NC(=O)COc1ccc(Cl)c(Cl)c1. The summed E-state index contributed by atoms with van der Waals surface area (Å²) in [5.74, 6) is 0.605. The fraction of sp³-hybridized carbons (Fsp3) is 0.235. The van der Waals surface area contributed by atoms with Gasteiger partial charge in [0.25, 0.3) is 5.91 Å². The Morgan fingerprint density at radius 2 is 1.86 bits per heavy atom. The van der Waals surface area contributed by atoms with Crippen LogP contribution in [0.5, 0.6) is 5.75 Å². The second-order valence-corrected chi connectivity index (χ2v) is 5.97. The molecule has 2 aromatic carbocycles. The van der Waals surface area contributed by atoms with Crippen molar-refractivity contribution in [1.29, 1.82) is 0 Å². The molecule has 0 aliphatic heterocycles. The molecule has 22 heavy (non-hydrogen) atoms. The lowest BCUT2D eigenvalue weighted by molar-refractivity contribution is -0.118. The summed E-state index contributed by atoms with van der Waals surface area (Å²) in [7, 11) is 0. The molecule has 0 saturated heterocycles. The van der Waals surface area contributed by atoms with E-state index in [9.17, 15) is 4.79 Å². The van der Waals surface area contributed by atoms with E-state index in [0.717, 1.165) is 11.3 Å². The van der Waals surface area contributed by atoms with Gasteiger partial charge >= 0.3 is 0 Å². The van der Waals surface area contributed by atoms with Gasteiger partial charge < -0.3 is 10.1 Å². The molecule has 0 aromatic heterocycles. The van der Waals surface area contributed by atoms with Gasteiger partial charge in [-0.2, -0.15) is 0 Å². The lowest BCUT2D eigenvalue weighted by Gasteiger charge is -2.14. The Kier molecular flexibility index (Phi) is 5.69. The van der Waals surface area contributed by atoms with Gasteiger partial charge in [-0.15, -0.1) is 0 Å². The first-order valence-corrected chi connectivity index (χ1v) is 7.69. The minimum absolute atomic E-state index is 0.0929. The second kappa shape index (κ2) is 7.52. The number of benzene rings is 2. The number of anilines is 1. The standard InChI is InChI=1S/C17H17Cl2NO2/c1-11(2)13-5-3-4-6-16(13)20-17(21)10-22-12-7-8-14(18)15(19)9-12/h3-9,11H,10H2,1-2H3,(H,20,21). The number of nitrogens with one attached hydrogen (secondary N) is 1. The Bertz CT molecular complexity index is 671. The number of carbonyl (C=O) groups excluding carboxylic acids is 1. The number of hydrogen-bond donors (Lipinski definition) is 1. The van der Waals surface area contributed by atoms with Crippen molar-refractivity contribution in [3.8, 4) is 5.75 Å². The van der Waals surface area contributed by atoms with Gasteiger partial charge in [0.15, 0.2) is 6.61 Å². The molecule has 0 spiro atoms. The van der Waals surface area contributed by atoms with Gasteiger partial charge in [0, 0.05) is 11.8 Å². The van der Waals surface area contributed by atoms with E-state index in [1.54, 1.807) is 18.2 Å². The number of hydrogen-bond acceptors (Lipinski definition) is 2. The zero-order valence-corrected chi connectivity index (χ0v) is 13.9. The van der Waals surface area contributed by atoms with E-state index in [1.807, 2.05) is 24.3 Å². The molecule has 0 fully saturated rings. The largest absolute Gasteiger partial charge is 0.484 e. The molecule has 2 aromatic rings. The summed E-state index contributed by atoms with van der Waals surface area (Å²) in [5, 5.41) is 3.71. The van der Waals surface area contributed by atoms with Crippen LogP contribution in [0.15, 0.2) is 42.5 Å². The van der Waals surface area contributed by atoms with E-state index < -0.39 is 0 Å². The van der Waals surface area contributed by atoms with Crippen molar-refractivity contribution < 1.29 is 9.53 Å². The molecule has 0 atom stereocenters. The summed E-state index contributed by atoms with van der Waals surface area (Å²) >= 11 is 11.7. The number of carbonyl (C=O) groups is 1. The molecule has 1 N–H and O–H groups in total. The molecule has 1 amide bonds. The summed E-state index contributed by atoms with van der Waals surface area (Å²) in [6.45, 7) is 4.07. The minimum atomic E-state index is -0.223. The quantitative estimate of drug-likeness (QED) is 0.820. The molecule has 0 unspecified atom stereocenters. The van der Waals surface area contributed by atoms with Crippen LogP contribution in [0.25, 0.3) is 0 Å². The predicted molar refractivity (Wildman–Crippen MR) is 91.1 cm³/mol. The van der Waals surface area contributed by atoms with Crippen LogP contribution >= 0.6 is 23.2 Å². The van der Waals surface area contributed by atoms with Crippen LogP contribution in [0.1, 0.15) is 25.3 Å². The lowest BCUT2D eigenvalue weighted by Crippen LogP contribution is -2.21. The summed E-state index contributed by atoms with van der Waals surface area (Å²) in [6, 6.07) is 12.6. The van der Waals surface area contributed by atoms with Gasteiger partial charge in [0.2, 0.25) is 0 Å². The number of rotatable bonds is 5. The number of ether oxygens (including phenoxy) is 1. The topological polar surface area (TPSA) is 38.3 Å². The maximum Gasteiger partial charge on any atom is 0.262 e. The second-order valence-electron chi connectivity index (χ2n) is 5.15. The number of amides is 1. The fourth-order valence-corrected chi connectivity index (χ4v) is 2.30. The monoisotopic (exact) mass is 337 g/mol. The summed E-state index contributed by atoms with van der Waals surface area (Å²) < 4.78 is 5.42. The average molecular weight is 338 g/mol. The Morgan fingerprint density at radius 1 is 1.14 bits per heavy atom. The van der Waals surface area contributed by atoms with E-state index in [4.69, 9.17) is 27.9 Å². The third-order valence-electron chi connectivity index (χ3n) is 3.12. The van der Waals surface area contributed by atoms with Crippen LogP contribution in [0.2, 0.25) is 10.0 Å². The molecule has 0 bridgehead atoms. The first-order chi connectivity index (χ1) is 10.5. The predicted octanol–water partition coefficient (Wildman–Crippen LogP) is 5.13. The normalized spacial score (nSPS) is 10.6. The highest BCUT2D eigenvalue weighted by Crippen LogP contribution is 2.26. The zero-order chi connectivity index (χ0) is 16.1. The molecular formula is C17H17Cl2NO2. The van der Waals surface area contributed by atoms with Crippen LogP contribution < -0.4 is 10.1 Å². The van der Waals surface area contributed by atoms with Crippen molar-refractivity contribution in [1.82, 2.24) is 0 Å². The molecule has 5 heteroatoms. The van der Waals surface area contributed by atoms with Crippen LogP contribution in [0.3, 0.4) is 0 Å². The van der Waals surface area contributed by atoms with E-state index in [0.29, 0.717) is 21.7 Å². The maximum atomic E-state index is 12.0. The van der Waals surface area contributed by atoms with Crippen LogP contribution in [-0.2, 0) is 4.79 Å². The van der Waals surface area contributed by atoms with Crippen LogP contribution in [-0.4, -0.2) is 12.5 Å². The smallest absolute Gasteiger partial charge is 0.262 e. The Hall–Kier alpha value is -1.71. The molecule has 3 nitrogen and oxygen atoms in total. The van der Waals surface area contributed by atoms with Crippen molar-refractivity contribution in [2.75, 3.05) is 11.9 Å². The van der Waals surface area contributed by atoms with Gasteiger partial charge in [0.05, 0.1) is 10.0 Å². The number of para-hydroxylation sites is 1. The Labute approximate surface area is 140 Å². The van der Waals surface area contributed by atoms with Crippen LogP contribution in [0.4, 0.5) is 5.69 Å². The Balaban J connectivity index is 1.97. The molecule has 0 saturated carbocycles. The van der Waals surface area contributed by atoms with Gasteiger partial charge in [-0.3, -0.25) is 4.79 Å². The van der Waals surface area contributed by atoms with Gasteiger partial charge in [0.1, 0.15) is 5.75 Å². The molecule has 0 heterocycles. The lowest BCUT2D eigenvalue weighted by atomic mass is 10.0. The van der Waals surface area contributed by atoms with Crippen molar-refractivity contribution >= 4 is 34.8 Å². The first kappa shape index (κ1) is 16.7. The summed E-state index contributed by atoms with van der Waals surface area (Å²) in [6.07, 6.45) is 0. The first-order valence-electron chi connectivity index (χ1n) is 6.94. The molecule has 2 rings (SSSR count). The summed E-state index contributed by atoms with van der Waals surface area (Å²) in [5.41, 5.74) is 1.89. The molecular weight excluding hydrogens is 321 g/mol. The summed E-state index contributed by atoms with van der Waals surface area (Å²) in [4.78, 5) is 12.0. The van der Waals surface area contributed by atoms with Crippen molar-refractivity contribution in [3.05, 3.63) is 58.1 Å². The third kappa shape index (κ3) is 4.39. The average Bonchev–Trinajstić information content (AvgIpc) is 2.49. The third-order valence-corrected chi connectivity index (χ3v) is 3.86. The van der Waals surface area contributed by atoms with Gasteiger partial charge in [-0.05, 0) is 29.7 Å². The van der Waals surface area contributed by atoms with E-state index in [-0.39, 0.29) is 12.5 Å². The van der Waals surface area contributed by atoms with Crippen LogP contribution in [0, 0.1) is 0 Å². The minimum Gasteiger partial charge on any atom is -0.484 e. The van der Waals surface area contributed by atoms with E-state index >= 15 is 0 Å². The van der Waals surface area contributed by atoms with E-state index in [2.05, 4.69) is 19.2 Å². The van der Waals surface area contributed by atoms with E-state index in [1.165, 1.54) is 0 Å². The van der Waals surface area contributed by atoms with Gasteiger partial charge in [-0.25, -0.2) is 0 Å². The number of halogens is 2. The van der Waals surface area contributed by atoms with Crippen molar-refractivity contribution in [3.63, 3.8) is 0 Å². The highest BCUT2D eigenvalue weighted by Gasteiger charge is 2.10. The zero-order valence-electron chi connectivity index (χ0n) is 12.4. The Morgan fingerprint density at radius 3 is 2.55 bits per heavy atom. The van der Waals surface area contributed by atoms with Gasteiger partial charge in [-0.1, -0.05) is 55.2 Å². The molecule has 0 aliphatic carbocycles. The highest BCUT2D eigenvalue weighted by atomic mass is 35.5. The molecule has 116 valence electrons. The maximum absolute atomic E-state index is 12.0. The fourth-order valence-electron chi connectivity index (χ4n) is 2.02.